The number of oxime groups is 1. The van der Waals surface area contributed by atoms with Gasteiger partial charge in [0.2, 0.25) is 0 Å². The third-order valence-corrected chi connectivity index (χ3v) is 3.10. The molecule has 2 nitrogen and oxygen atoms in total. The van der Waals surface area contributed by atoms with Gasteiger partial charge in [-0.15, -0.1) is 0 Å². The number of hydrogen-bond donors (Lipinski definition) is 0. The first-order valence-electron chi connectivity index (χ1n) is 4.00. The van der Waals surface area contributed by atoms with E-state index in [0.29, 0.717) is 5.92 Å². The molecule has 0 unspecified atom stereocenters. The zero-order valence-electron chi connectivity index (χ0n) is 7.17. The molecule has 0 aromatic rings. The van der Waals surface area contributed by atoms with Gasteiger partial charge >= 0.3 is 0 Å². The number of rotatable bonds is 2. The van der Waals surface area contributed by atoms with Crippen LogP contribution in [0, 0.1) is 5.92 Å². The van der Waals surface area contributed by atoms with E-state index in [1.54, 1.807) is 7.11 Å². The van der Waals surface area contributed by atoms with Crippen molar-refractivity contribution in [2.24, 2.45) is 11.1 Å². The highest BCUT2D eigenvalue weighted by molar-refractivity contribution is 7.99. The average Bonchev–Trinajstić information content (AvgIpc) is 2.07. The van der Waals surface area contributed by atoms with E-state index in [2.05, 4.69) is 12.1 Å². The van der Waals surface area contributed by atoms with Gasteiger partial charge in [0.05, 0.1) is 5.71 Å². The molecule has 0 amide bonds. The molecule has 64 valence electrons. The molecule has 1 fully saturated rings. The van der Waals surface area contributed by atoms with E-state index < -0.39 is 0 Å². The lowest BCUT2D eigenvalue weighted by Crippen LogP contribution is -2.17. The number of thioether (sulfide) groups is 1. The fourth-order valence-corrected chi connectivity index (χ4v) is 2.44. The van der Waals surface area contributed by atoms with E-state index in [1.807, 2.05) is 11.8 Å². The summed E-state index contributed by atoms with van der Waals surface area (Å²) in [4.78, 5) is 4.74. The largest absolute Gasteiger partial charge is 0.399 e. The molecule has 0 atom stereocenters. The van der Waals surface area contributed by atoms with Crippen molar-refractivity contribution in [3.63, 3.8) is 0 Å². The average molecular weight is 173 g/mol. The molecule has 0 aromatic carbocycles. The lowest BCUT2D eigenvalue weighted by molar-refractivity contribution is 0.210. The Morgan fingerprint density at radius 2 is 2.09 bits per heavy atom. The van der Waals surface area contributed by atoms with Gasteiger partial charge in [-0.25, -0.2) is 0 Å². The minimum absolute atomic E-state index is 0.677. The van der Waals surface area contributed by atoms with E-state index in [4.69, 9.17) is 4.84 Å². The Morgan fingerprint density at radius 1 is 1.45 bits per heavy atom. The molecule has 1 saturated heterocycles. The molecule has 11 heavy (non-hydrogen) atoms. The minimum Gasteiger partial charge on any atom is -0.399 e. The first kappa shape index (κ1) is 8.91. The molecule has 0 spiro atoms. The van der Waals surface area contributed by atoms with Crippen LogP contribution in [-0.4, -0.2) is 24.3 Å². The Labute approximate surface area is 72.4 Å². The third kappa shape index (κ3) is 2.73. The minimum atomic E-state index is 0.677. The van der Waals surface area contributed by atoms with Crippen LogP contribution in [-0.2, 0) is 4.84 Å². The number of nitrogens with zero attached hydrogens (tertiary/aromatic N) is 1. The van der Waals surface area contributed by atoms with Crippen LogP contribution in [0.4, 0.5) is 0 Å². The molecular weight excluding hydrogens is 158 g/mol. The van der Waals surface area contributed by atoms with Crippen molar-refractivity contribution in [3.8, 4) is 0 Å². The van der Waals surface area contributed by atoms with Crippen molar-refractivity contribution >= 4 is 17.5 Å². The smallest absolute Gasteiger partial charge is 0.106 e. The van der Waals surface area contributed by atoms with E-state index in [9.17, 15) is 0 Å². The van der Waals surface area contributed by atoms with Crippen molar-refractivity contribution in [2.45, 2.75) is 19.8 Å². The molecule has 0 saturated carbocycles. The first-order valence-corrected chi connectivity index (χ1v) is 5.15. The normalized spacial score (nSPS) is 21.8. The van der Waals surface area contributed by atoms with Crippen molar-refractivity contribution < 1.29 is 4.84 Å². The molecule has 0 bridgehead atoms. The Hall–Kier alpha value is -0.180. The van der Waals surface area contributed by atoms with E-state index in [-0.39, 0.29) is 0 Å². The molecule has 1 rings (SSSR count). The highest BCUT2D eigenvalue weighted by Crippen LogP contribution is 2.23. The fourth-order valence-electron chi connectivity index (χ4n) is 1.33. The molecule has 3 heteroatoms. The number of hydrogen-bond acceptors (Lipinski definition) is 3. The maximum atomic E-state index is 4.74. The van der Waals surface area contributed by atoms with Crippen LogP contribution in [0.1, 0.15) is 19.8 Å². The topological polar surface area (TPSA) is 21.6 Å². The molecule has 1 heterocycles. The lowest BCUT2D eigenvalue weighted by Gasteiger charge is -2.20. The van der Waals surface area contributed by atoms with Gasteiger partial charge in [-0.05, 0) is 31.3 Å². The first-order chi connectivity index (χ1) is 5.34. The Balaban J connectivity index is 2.38. The Bertz CT molecular complexity index is 141. The van der Waals surface area contributed by atoms with Crippen LogP contribution < -0.4 is 0 Å². The van der Waals surface area contributed by atoms with Crippen LogP contribution in [0.25, 0.3) is 0 Å². The second-order valence-electron chi connectivity index (χ2n) is 2.80. The third-order valence-electron chi connectivity index (χ3n) is 2.05. The monoisotopic (exact) mass is 173 g/mol. The molecule has 0 aromatic heterocycles. The van der Waals surface area contributed by atoms with Crippen molar-refractivity contribution in [1.82, 2.24) is 0 Å². The highest BCUT2D eigenvalue weighted by Gasteiger charge is 2.16. The second kappa shape index (κ2) is 4.65. The standard InChI is InChI=1S/C8H15NOS/c1-7(9-10-2)8-3-5-11-6-4-8/h8H,3-6H2,1-2H3/b9-7+. The highest BCUT2D eigenvalue weighted by atomic mass is 32.2. The summed E-state index contributed by atoms with van der Waals surface area (Å²) in [5.74, 6) is 3.24. The second-order valence-corrected chi connectivity index (χ2v) is 4.03. The maximum absolute atomic E-state index is 4.74. The fraction of sp³-hybridized carbons (Fsp3) is 0.875. The summed E-state index contributed by atoms with van der Waals surface area (Å²) in [6.07, 6.45) is 2.53. The van der Waals surface area contributed by atoms with E-state index in [0.717, 1.165) is 5.71 Å². The summed E-state index contributed by atoms with van der Waals surface area (Å²) in [6.45, 7) is 2.06. The predicted molar refractivity (Wildman–Crippen MR) is 50.2 cm³/mol. The van der Waals surface area contributed by atoms with Crippen LogP contribution in [0.3, 0.4) is 0 Å². The van der Waals surface area contributed by atoms with Gasteiger partial charge < -0.3 is 4.84 Å². The Kier molecular flexibility index (Phi) is 3.77. The molecule has 0 aliphatic carbocycles. The molecule has 1 aliphatic heterocycles. The zero-order chi connectivity index (χ0) is 8.10. The van der Waals surface area contributed by atoms with E-state index >= 15 is 0 Å². The molecule has 0 radical (unpaired) electrons. The zero-order valence-corrected chi connectivity index (χ0v) is 7.99. The summed E-state index contributed by atoms with van der Waals surface area (Å²) >= 11 is 2.04. The SMILES string of the molecule is CO/N=C(\C)C1CCSCC1. The summed E-state index contributed by atoms with van der Waals surface area (Å²) in [6, 6.07) is 0. The van der Waals surface area contributed by atoms with Crippen LogP contribution >= 0.6 is 11.8 Å². The maximum Gasteiger partial charge on any atom is 0.106 e. The van der Waals surface area contributed by atoms with Crippen LogP contribution in [0.5, 0.6) is 0 Å². The summed E-state index contributed by atoms with van der Waals surface area (Å²) < 4.78 is 0. The van der Waals surface area contributed by atoms with Gasteiger partial charge in [-0.3, -0.25) is 0 Å². The van der Waals surface area contributed by atoms with Crippen molar-refractivity contribution in [3.05, 3.63) is 0 Å². The summed E-state index contributed by atoms with van der Waals surface area (Å²) in [7, 11) is 1.61. The quantitative estimate of drug-likeness (QED) is 0.471. The van der Waals surface area contributed by atoms with Gasteiger partial charge in [0, 0.05) is 5.92 Å². The van der Waals surface area contributed by atoms with Crippen molar-refractivity contribution in [2.75, 3.05) is 18.6 Å². The predicted octanol–water partition coefficient (Wildman–Crippen LogP) is 2.15. The van der Waals surface area contributed by atoms with Crippen LogP contribution in [0.2, 0.25) is 0 Å². The Morgan fingerprint density at radius 3 is 2.64 bits per heavy atom. The summed E-state index contributed by atoms with van der Waals surface area (Å²) in [5.41, 5.74) is 1.16. The lowest BCUT2D eigenvalue weighted by atomic mass is 9.98. The van der Waals surface area contributed by atoms with Gasteiger partial charge in [0.25, 0.3) is 0 Å². The van der Waals surface area contributed by atoms with Gasteiger partial charge in [-0.1, -0.05) is 5.16 Å². The van der Waals surface area contributed by atoms with Gasteiger partial charge in [0.15, 0.2) is 0 Å². The molecule has 0 N–H and O–H groups in total. The molecular formula is C8H15NOS. The summed E-state index contributed by atoms with van der Waals surface area (Å²) in [5, 5.41) is 3.96. The van der Waals surface area contributed by atoms with Gasteiger partial charge in [-0.2, -0.15) is 11.8 Å². The van der Waals surface area contributed by atoms with Gasteiger partial charge in [0.1, 0.15) is 7.11 Å². The molecule has 1 aliphatic rings. The van der Waals surface area contributed by atoms with E-state index in [1.165, 1.54) is 24.3 Å². The van der Waals surface area contributed by atoms with Crippen LogP contribution in [0.15, 0.2) is 5.16 Å². The van der Waals surface area contributed by atoms with Crippen molar-refractivity contribution in [1.29, 1.82) is 0 Å².